The van der Waals surface area contributed by atoms with Gasteiger partial charge in [0.2, 0.25) is 0 Å². The Hall–Kier alpha value is -3.22. The van der Waals surface area contributed by atoms with Gasteiger partial charge in [-0.3, -0.25) is 4.79 Å². The van der Waals surface area contributed by atoms with Gasteiger partial charge in [-0.1, -0.05) is 32.9 Å². The van der Waals surface area contributed by atoms with Crippen LogP contribution in [0, 0.1) is 5.92 Å². The molecule has 31 heavy (non-hydrogen) atoms. The van der Waals surface area contributed by atoms with Crippen LogP contribution in [-0.2, 0) is 6.54 Å². The van der Waals surface area contributed by atoms with Crippen LogP contribution in [-0.4, -0.2) is 38.5 Å². The predicted molar refractivity (Wildman–Crippen MR) is 124 cm³/mol. The zero-order valence-electron chi connectivity index (χ0n) is 18.7. The number of hydrogen-bond donors (Lipinski definition) is 1. The van der Waals surface area contributed by atoms with E-state index in [1.54, 1.807) is 18.6 Å². The minimum Gasteiger partial charge on any atom is -0.356 e. The Morgan fingerprint density at radius 2 is 1.97 bits per heavy atom. The monoisotopic (exact) mass is 420 g/mol. The van der Waals surface area contributed by atoms with Crippen molar-refractivity contribution in [1.29, 1.82) is 0 Å². The summed E-state index contributed by atoms with van der Waals surface area (Å²) in [5.41, 5.74) is 2.27. The first-order chi connectivity index (χ1) is 15.2. The van der Waals surface area contributed by atoms with Gasteiger partial charge in [-0.15, -0.1) is 0 Å². The molecule has 0 saturated heterocycles. The number of anilines is 2. The minimum absolute atomic E-state index is 0.223. The molecule has 1 aliphatic carbocycles. The lowest BCUT2D eigenvalue weighted by atomic mass is 10.2. The van der Waals surface area contributed by atoms with E-state index in [0.717, 1.165) is 49.0 Å². The van der Waals surface area contributed by atoms with Gasteiger partial charge in [0.15, 0.2) is 0 Å². The van der Waals surface area contributed by atoms with Crippen LogP contribution in [0.3, 0.4) is 0 Å². The Morgan fingerprint density at radius 1 is 1.19 bits per heavy atom. The molecule has 3 aromatic rings. The first-order valence-corrected chi connectivity index (χ1v) is 11.1. The minimum atomic E-state index is -0.223. The summed E-state index contributed by atoms with van der Waals surface area (Å²) < 4.78 is 2.00. The van der Waals surface area contributed by atoms with E-state index in [-0.39, 0.29) is 5.91 Å². The number of nitrogens with one attached hydrogen (secondary N) is 1. The molecule has 0 bridgehead atoms. The highest BCUT2D eigenvalue weighted by molar-refractivity contribution is 6.03. The zero-order valence-corrected chi connectivity index (χ0v) is 18.7. The van der Waals surface area contributed by atoms with E-state index in [9.17, 15) is 4.79 Å². The summed E-state index contributed by atoms with van der Waals surface area (Å²) in [6, 6.07) is 9.60. The molecule has 0 radical (unpaired) electrons. The Bertz CT molecular complexity index is 935. The maximum absolute atomic E-state index is 12.7. The van der Waals surface area contributed by atoms with Gasteiger partial charge in [-0.25, -0.2) is 15.0 Å². The molecular weight excluding hydrogens is 388 g/mol. The summed E-state index contributed by atoms with van der Waals surface area (Å²) in [5, 5.41) is 2.93. The highest BCUT2D eigenvalue weighted by atomic mass is 16.1. The summed E-state index contributed by atoms with van der Waals surface area (Å²) in [4.78, 5) is 27.6. The van der Waals surface area contributed by atoms with Crippen molar-refractivity contribution in [3.05, 3.63) is 66.6 Å². The second-order valence-corrected chi connectivity index (χ2v) is 7.54. The number of rotatable bonds is 9. The summed E-state index contributed by atoms with van der Waals surface area (Å²) >= 11 is 0. The third kappa shape index (κ3) is 6.64. The van der Waals surface area contributed by atoms with Gasteiger partial charge in [0.25, 0.3) is 5.91 Å². The normalized spacial score (nSPS) is 12.6. The molecule has 0 unspecified atom stereocenters. The van der Waals surface area contributed by atoms with Crippen molar-refractivity contribution in [2.75, 3.05) is 23.3 Å². The summed E-state index contributed by atoms with van der Waals surface area (Å²) in [5.74, 6) is 1.36. The van der Waals surface area contributed by atoms with Crippen molar-refractivity contribution < 1.29 is 4.79 Å². The lowest BCUT2D eigenvalue weighted by Crippen LogP contribution is -2.28. The first-order valence-electron chi connectivity index (χ1n) is 11.1. The largest absolute Gasteiger partial charge is 0.356 e. The number of imidazole rings is 1. The molecule has 2 aromatic heterocycles. The van der Waals surface area contributed by atoms with Crippen molar-refractivity contribution in [2.45, 2.75) is 46.6 Å². The van der Waals surface area contributed by atoms with Gasteiger partial charge >= 0.3 is 0 Å². The molecule has 7 nitrogen and oxygen atoms in total. The molecule has 0 atom stereocenters. The maximum atomic E-state index is 12.7. The zero-order chi connectivity index (χ0) is 22.1. The molecule has 0 spiro atoms. The predicted octanol–water partition coefficient (Wildman–Crippen LogP) is 4.63. The molecule has 164 valence electrons. The number of hydrogen-bond acceptors (Lipinski definition) is 5. The highest BCUT2D eigenvalue weighted by Crippen LogP contribution is 2.31. The number of benzene rings is 1. The van der Waals surface area contributed by atoms with E-state index < -0.39 is 0 Å². The number of carbonyl (C=O) groups excluding carboxylic acids is 1. The molecule has 1 saturated carbocycles. The molecule has 1 fully saturated rings. The van der Waals surface area contributed by atoms with Gasteiger partial charge in [-0.2, -0.15) is 0 Å². The van der Waals surface area contributed by atoms with Crippen LogP contribution in [0.1, 0.15) is 56.1 Å². The van der Waals surface area contributed by atoms with Gasteiger partial charge in [-0.05, 0) is 42.9 Å². The third-order valence-corrected chi connectivity index (χ3v) is 5.01. The van der Waals surface area contributed by atoms with E-state index in [1.165, 1.54) is 19.2 Å². The first kappa shape index (κ1) is 22.5. The number of amides is 1. The van der Waals surface area contributed by atoms with Crippen LogP contribution in [0.4, 0.5) is 11.5 Å². The number of aromatic nitrogens is 4. The fourth-order valence-electron chi connectivity index (χ4n) is 3.31. The Labute approximate surface area is 184 Å². The average Bonchev–Trinajstić information content (AvgIpc) is 3.48. The van der Waals surface area contributed by atoms with Crippen LogP contribution in [0.15, 0.2) is 55.4 Å². The van der Waals surface area contributed by atoms with Crippen molar-refractivity contribution in [3.8, 4) is 0 Å². The quantitative estimate of drug-likeness (QED) is 0.546. The van der Waals surface area contributed by atoms with Crippen molar-refractivity contribution in [2.24, 2.45) is 5.92 Å². The van der Waals surface area contributed by atoms with Crippen molar-refractivity contribution in [1.82, 2.24) is 19.5 Å². The molecule has 7 heteroatoms. The Morgan fingerprint density at radius 3 is 2.61 bits per heavy atom. The van der Waals surface area contributed by atoms with Crippen LogP contribution in [0.5, 0.6) is 0 Å². The van der Waals surface area contributed by atoms with Crippen LogP contribution in [0.2, 0.25) is 0 Å². The van der Waals surface area contributed by atoms with Crippen molar-refractivity contribution >= 4 is 17.4 Å². The van der Waals surface area contributed by atoms with E-state index in [2.05, 4.69) is 32.1 Å². The molecule has 1 amide bonds. The van der Waals surface area contributed by atoms with E-state index in [1.807, 2.05) is 48.9 Å². The molecule has 1 N–H and O–H groups in total. The van der Waals surface area contributed by atoms with Crippen molar-refractivity contribution in [3.63, 3.8) is 0 Å². The Balaban J connectivity index is 0.00000132. The summed E-state index contributed by atoms with van der Waals surface area (Å²) in [7, 11) is 0. The van der Waals surface area contributed by atoms with Crippen LogP contribution >= 0.6 is 0 Å². The van der Waals surface area contributed by atoms with Gasteiger partial charge in [0.1, 0.15) is 17.8 Å². The van der Waals surface area contributed by atoms with Gasteiger partial charge in [0.05, 0.1) is 6.33 Å². The fraction of sp³-hybridized carbons (Fsp3) is 0.417. The second-order valence-electron chi connectivity index (χ2n) is 7.54. The van der Waals surface area contributed by atoms with E-state index >= 15 is 0 Å². The van der Waals surface area contributed by atoms with Gasteiger partial charge < -0.3 is 14.8 Å². The number of carbonyl (C=O) groups is 1. The van der Waals surface area contributed by atoms with Gasteiger partial charge in [0, 0.05) is 43.8 Å². The summed E-state index contributed by atoms with van der Waals surface area (Å²) in [6.45, 7) is 8.85. The topological polar surface area (TPSA) is 75.9 Å². The smallest absolute Gasteiger partial charge is 0.274 e. The summed E-state index contributed by atoms with van der Waals surface area (Å²) in [6.07, 6.45) is 10.6. The average molecular weight is 421 g/mol. The fourth-order valence-corrected chi connectivity index (χ4v) is 3.31. The standard InChI is InChI=1S/C22H26N6O.C2H6/c1-2-10-28(14-18-3-4-18)21-12-20(24-15-25-21)22(29)26-19-7-5-17(6-8-19)13-27-11-9-23-16-27;1-2/h5-9,11-12,15-16,18H,2-4,10,13-14H2,1H3,(H,26,29);1-2H3. The van der Waals surface area contributed by atoms with E-state index in [4.69, 9.17) is 0 Å². The molecule has 1 aromatic carbocycles. The highest BCUT2D eigenvalue weighted by Gasteiger charge is 2.25. The van der Waals surface area contributed by atoms with Crippen LogP contribution in [0.25, 0.3) is 0 Å². The Kier molecular flexibility index (Phi) is 8.15. The van der Waals surface area contributed by atoms with E-state index in [0.29, 0.717) is 5.69 Å². The number of nitrogens with zero attached hydrogens (tertiary/aromatic N) is 5. The lowest BCUT2D eigenvalue weighted by Gasteiger charge is -2.23. The molecule has 1 aliphatic rings. The second kappa shape index (κ2) is 11.2. The third-order valence-electron chi connectivity index (χ3n) is 5.01. The maximum Gasteiger partial charge on any atom is 0.274 e. The molecule has 2 heterocycles. The molecule has 0 aliphatic heterocycles. The lowest BCUT2D eigenvalue weighted by molar-refractivity contribution is 0.102. The van der Waals surface area contributed by atoms with Crippen LogP contribution < -0.4 is 10.2 Å². The SMILES string of the molecule is CC.CCCN(CC1CC1)c1cc(C(=O)Nc2ccc(Cn3ccnc3)cc2)ncn1. The molecular formula is C24H32N6O. The molecule has 4 rings (SSSR count).